The molecule has 5 heteroatoms. The monoisotopic (exact) mass is 261 g/mol. The van der Waals surface area contributed by atoms with E-state index in [9.17, 15) is 13.0 Å². The van der Waals surface area contributed by atoms with Crippen LogP contribution in [0.3, 0.4) is 0 Å². The fourth-order valence-electron chi connectivity index (χ4n) is 1.34. The van der Waals surface area contributed by atoms with E-state index in [1.54, 1.807) is 12.1 Å². The summed E-state index contributed by atoms with van der Waals surface area (Å²) in [5, 5.41) is 3.14. The Bertz CT molecular complexity index is 354. The quantitative estimate of drug-likeness (QED) is 0.764. The number of alkyl halides is 2. The molecule has 1 atom stereocenters. The molecule has 17 heavy (non-hydrogen) atoms. The molecular formula is C12H17F2NOS. The van der Waals surface area contributed by atoms with Gasteiger partial charge in [-0.05, 0) is 5.56 Å². The lowest BCUT2D eigenvalue weighted by Crippen LogP contribution is -2.20. The summed E-state index contributed by atoms with van der Waals surface area (Å²) in [6.07, 6.45) is -2.41. The molecule has 1 unspecified atom stereocenters. The number of hydrogen-bond donors (Lipinski definition) is 1. The van der Waals surface area contributed by atoms with Crippen molar-refractivity contribution in [3.05, 3.63) is 35.4 Å². The number of benzene rings is 1. The van der Waals surface area contributed by atoms with E-state index in [2.05, 4.69) is 5.32 Å². The number of rotatable bonds is 7. The van der Waals surface area contributed by atoms with Gasteiger partial charge in [-0.1, -0.05) is 31.2 Å². The van der Waals surface area contributed by atoms with Gasteiger partial charge in [0.15, 0.2) is 0 Å². The molecule has 0 aliphatic heterocycles. The molecule has 0 saturated heterocycles. The topological polar surface area (TPSA) is 29.1 Å². The first kappa shape index (κ1) is 14.3. The van der Waals surface area contributed by atoms with Gasteiger partial charge in [-0.15, -0.1) is 0 Å². The van der Waals surface area contributed by atoms with Gasteiger partial charge >= 0.3 is 0 Å². The van der Waals surface area contributed by atoms with Crippen molar-refractivity contribution in [2.24, 2.45) is 0 Å². The summed E-state index contributed by atoms with van der Waals surface area (Å²) < 4.78 is 35.7. The van der Waals surface area contributed by atoms with Crippen LogP contribution >= 0.6 is 0 Å². The van der Waals surface area contributed by atoms with E-state index >= 15 is 0 Å². The van der Waals surface area contributed by atoms with Crippen LogP contribution in [0.4, 0.5) is 8.78 Å². The van der Waals surface area contributed by atoms with Gasteiger partial charge in [-0.2, -0.15) is 0 Å². The van der Waals surface area contributed by atoms with Crippen LogP contribution in [0.15, 0.2) is 24.3 Å². The zero-order chi connectivity index (χ0) is 12.7. The molecule has 0 bridgehead atoms. The van der Waals surface area contributed by atoms with Gasteiger partial charge in [0.2, 0.25) is 0 Å². The molecule has 96 valence electrons. The summed E-state index contributed by atoms with van der Waals surface area (Å²) in [6.45, 7) is 3.18. The largest absolute Gasteiger partial charge is 0.312 e. The van der Waals surface area contributed by atoms with Gasteiger partial charge in [-0.25, -0.2) is 8.78 Å². The van der Waals surface area contributed by atoms with E-state index in [1.165, 1.54) is 12.1 Å². The van der Waals surface area contributed by atoms with E-state index in [1.807, 2.05) is 6.92 Å². The van der Waals surface area contributed by atoms with Gasteiger partial charge in [-0.3, -0.25) is 4.21 Å². The molecule has 1 N–H and O–H groups in total. The number of halogens is 2. The summed E-state index contributed by atoms with van der Waals surface area (Å²) in [7, 11) is -0.756. The molecule has 0 aliphatic rings. The van der Waals surface area contributed by atoms with Crippen LogP contribution in [0.1, 0.15) is 24.5 Å². The Balaban J connectivity index is 2.30. The Labute approximate surface area is 103 Å². The van der Waals surface area contributed by atoms with Crippen molar-refractivity contribution in [1.29, 1.82) is 0 Å². The molecule has 0 aliphatic carbocycles. The Morgan fingerprint density at radius 2 is 1.94 bits per heavy atom. The highest BCUT2D eigenvalue weighted by Crippen LogP contribution is 2.18. The van der Waals surface area contributed by atoms with Crippen molar-refractivity contribution in [2.75, 3.05) is 18.1 Å². The number of hydrogen-bond acceptors (Lipinski definition) is 2. The first-order valence-electron chi connectivity index (χ1n) is 5.56. The highest BCUT2D eigenvalue weighted by molar-refractivity contribution is 7.84. The van der Waals surface area contributed by atoms with Crippen molar-refractivity contribution in [3.63, 3.8) is 0 Å². The van der Waals surface area contributed by atoms with Crippen molar-refractivity contribution in [2.45, 2.75) is 19.9 Å². The first-order valence-corrected chi connectivity index (χ1v) is 7.05. The number of nitrogens with one attached hydrogen (secondary N) is 1. The van der Waals surface area contributed by atoms with Crippen LogP contribution in [-0.4, -0.2) is 22.3 Å². The van der Waals surface area contributed by atoms with Gasteiger partial charge in [0, 0.05) is 41.0 Å². The lowest BCUT2D eigenvalue weighted by Gasteiger charge is -2.05. The second kappa shape index (κ2) is 7.50. The summed E-state index contributed by atoms with van der Waals surface area (Å²) in [5.41, 5.74) is 0.998. The molecule has 0 radical (unpaired) electrons. The highest BCUT2D eigenvalue weighted by atomic mass is 32.2. The van der Waals surface area contributed by atoms with Crippen molar-refractivity contribution >= 4 is 10.8 Å². The maximum atomic E-state index is 12.3. The molecule has 0 fully saturated rings. The Hall–Kier alpha value is -0.810. The Morgan fingerprint density at radius 3 is 2.47 bits per heavy atom. The fraction of sp³-hybridized carbons (Fsp3) is 0.500. The second-order valence-electron chi connectivity index (χ2n) is 3.65. The molecule has 1 aromatic carbocycles. The molecule has 1 aromatic rings. The third-order valence-corrected chi connectivity index (χ3v) is 3.69. The molecule has 0 heterocycles. The van der Waals surface area contributed by atoms with Gasteiger partial charge < -0.3 is 5.32 Å². The highest BCUT2D eigenvalue weighted by Gasteiger charge is 2.05. The van der Waals surface area contributed by atoms with E-state index in [0.717, 1.165) is 5.56 Å². The normalized spacial score (nSPS) is 12.9. The molecule has 2 nitrogen and oxygen atoms in total. The van der Waals surface area contributed by atoms with Crippen LogP contribution in [0.5, 0.6) is 0 Å². The predicted molar refractivity (Wildman–Crippen MR) is 66.7 cm³/mol. The van der Waals surface area contributed by atoms with Gasteiger partial charge in [0.25, 0.3) is 6.43 Å². The zero-order valence-corrected chi connectivity index (χ0v) is 10.6. The maximum absolute atomic E-state index is 12.3. The first-order chi connectivity index (χ1) is 8.13. The van der Waals surface area contributed by atoms with Gasteiger partial charge in [0.1, 0.15) is 0 Å². The van der Waals surface area contributed by atoms with Crippen molar-refractivity contribution in [1.82, 2.24) is 5.32 Å². The standard InChI is InChI=1S/C12H17F2NOS/c1-2-17(16)8-7-15-9-10-3-5-11(6-4-10)12(13)14/h3-6,12,15H,2,7-9H2,1H3. The van der Waals surface area contributed by atoms with Crippen molar-refractivity contribution in [3.8, 4) is 0 Å². The van der Waals surface area contributed by atoms with Crippen molar-refractivity contribution < 1.29 is 13.0 Å². The second-order valence-corrected chi connectivity index (χ2v) is 5.52. The van der Waals surface area contributed by atoms with Crippen LogP contribution in [0.2, 0.25) is 0 Å². The zero-order valence-electron chi connectivity index (χ0n) is 9.79. The lowest BCUT2D eigenvalue weighted by molar-refractivity contribution is 0.151. The summed E-state index contributed by atoms with van der Waals surface area (Å²) in [4.78, 5) is 0. The maximum Gasteiger partial charge on any atom is 0.263 e. The molecule has 0 aromatic heterocycles. The average molecular weight is 261 g/mol. The van der Waals surface area contributed by atoms with E-state index < -0.39 is 17.2 Å². The third kappa shape index (κ3) is 5.37. The van der Waals surface area contributed by atoms with Crippen LogP contribution in [0.25, 0.3) is 0 Å². The molecule has 0 saturated carbocycles. The summed E-state index contributed by atoms with van der Waals surface area (Å²) >= 11 is 0. The fourth-order valence-corrected chi connectivity index (χ4v) is 2.00. The minimum Gasteiger partial charge on any atom is -0.312 e. The minimum atomic E-state index is -2.41. The van der Waals surface area contributed by atoms with Crippen LogP contribution in [-0.2, 0) is 17.3 Å². The molecule has 0 amide bonds. The van der Waals surface area contributed by atoms with E-state index in [-0.39, 0.29) is 5.56 Å². The molecule has 1 rings (SSSR count). The summed E-state index contributed by atoms with van der Waals surface area (Å²) in [5.74, 6) is 1.30. The molecular weight excluding hydrogens is 244 g/mol. The Morgan fingerprint density at radius 1 is 1.29 bits per heavy atom. The van der Waals surface area contributed by atoms with Crippen LogP contribution < -0.4 is 5.32 Å². The predicted octanol–water partition coefficient (Wildman–Crippen LogP) is 2.48. The Kier molecular flexibility index (Phi) is 6.29. The van der Waals surface area contributed by atoms with E-state index in [0.29, 0.717) is 24.6 Å². The SMILES string of the molecule is CCS(=O)CCNCc1ccc(C(F)F)cc1. The summed E-state index contributed by atoms with van der Waals surface area (Å²) in [6, 6.07) is 6.24. The van der Waals surface area contributed by atoms with E-state index in [4.69, 9.17) is 0 Å². The lowest BCUT2D eigenvalue weighted by atomic mass is 10.1. The van der Waals surface area contributed by atoms with Gasteiger partial charge in [0.05, 0.1) is 0 Å². The smallest absolute Gasteiger partial charge is 0.263 e. The molecule has 0 spiro atoms. The van der Waals surface area contributed by atoms with Crippen LogP contribution in [0, 0.1) is 0 Å². The minimum absolute atomic E-state index is 0.0424. The average Bonchev–Trinajstić information content (AvgIpc) is 2.34. The third-order valence-electron chi connectivity index (χ3n) is 2.39.